The number of rotatable bonds is 6. The van der Waals surface area contributed by atoms with Crippen LogP contribution in [0.3, 0.4) is 0 Å². The van der Waals surface area contributed by atoms with Crippen molar-refractivity contribution in [2.24, 2.45) is 0 Å². The minimum atomic E-state index is -0.497. The fourth-order valence-corrected chi connectivity index (χ4v) is 2.58. The molecule has 0 unspecified atom stereocenters. The fraction of sp³-hybridized carbons (Fsp3) is 0.158. The largest absolute Gasteiger partial charge is 0.380 e. The van der Waals surface area contributed by atoms with Crippen LogP contribution in [0.25, 0.3) is 0 Å². The van der Waals surface area contributed by atoms with E-state index >= 15 is 0 Å². The Bertz CT molecular complexity index is 826. The van der Waals surface area contributed by atoms with Crippen molar-refractivity contribution in [1.29, 1.82) is 0 Å². The predicted octanol–water partition coefficient (Wildman–Crippen LogP) is 3.89. The molecule has 122 valence electrons. The zero-order valence-electron chi connectivity index (χ0n) is 13.4. The number of carbonyl (C=O) groups is 1. The Morgan fingerprint density at radius 1 is 1.17 bits per heavy atom. The van der Waals surface area contributed by atoms with Gasteiger partial charge in [-0.1, -0.05) is 30.3 Å². The Morgan fingerprint density at radius 2 is 1.92 bits per heavy atom. The molecule has 1 heterocycles. The number of nitrogens with zero attached hydrogens (tertiary/aromatic N) is 2. The van der Waals surface area contributed by atoms with E-state index < -0.39 is 5.82 Å². The SMILES string of the molecule is CC(=O)c1c(F)cccc1NCc1ccc(Cn2ccnc2)cc1. The van der Waals surface area contributed by atoms with Gasteiger partial charge in [0.25, 0.3) is 0 Å². The van der Waals surface area contributed by atoms with Crippen LogP contribution in [0, 0.1) is 5.82 Å². The highest BCUT2D eigenvalue weighted by Gasteiger charge is 2.12. The average molecular weight is 323 g/mol. The summed E-state index contributed by atoms with van der Waals surface area (Å²) < 4.78 is 15.8. The number of anilines is 1. The highest BCUT2D eigenvalue weighted by molar-refractivity contribution is 5.99. The molecule has 0 amide bonds. The fourth-order valence-electron chi connectivity index (χ4n) is 2.58. The lowest BCUT2D eigenvalue weighted by molar-refractivity contribution is 0.101. The first-order valence-corrected chi connectivity index (χ1v) is 7.70. The standard InChI is InChI=1S/C19H18FN3O/c1-14(24)19-17(20)3-2-4-18(19)22-11-15-5-7-16(8-6-15)12-23-10-9-21-13-23/h2-10,13,22H,11-12H2,1H3. The number of hydrogen-bond acceptors (Lipinski definition) is 3. The van der Waals surface area contributed by atoms with Crippen molar-refractivity contribution in [1.82, 2.24) is 9.55 Å². The molecule has 4 nitrogen and oxygen atoms in total. The van der Waals surface area contributed by atoms with E-state index in [0.717, 1.165) is 12.1 Å². The quantitative estimate of drug-likeness (QED) is 0.700. The molecule has 0 bridgehead atoms. The summed E-state index contributed by atoms with van der Waals surface area (Å²) in [6, 6.07) is 12.7. The number of ketones is 1. The van der Waals surface area contributed by atoms with Crippen LogP contribution in [0.4, 0.5) is 10.1 Å². The Kier molecular flexibility index (Phi) is 4.70. The van der Waals surface area contributed by atoms with Gasteiger partial charge in [0.1, 0.15) is 5.82 Å². The molecule has 3 rings (SSSR count). The maximum Gasteiger partial charge on any atom is 0.164 e. The van der Waals surface area contributed by atoms with Crippen LogP contribution < -0.4 is 5.32 Å². The normalized spacial score (nSPS) is 10.6. The van der Waals surface area contributed by atoms with Crippen molar-refractivity contribution >= 4 is 11.5 Å². The molecule has 0 saturated heterocycles. The first-order valence-electron chi connectivity index (χ1n) is 7.70. The summed E-state index contributed by atoms with van der Waals surface area (Å²) in [6.45, 7) is 2.66. The number of nitrogens with one attached hydrogen (secondary N) is 1. The van der Waals surface area contributed by atoms with Gasteiger partial charge in [-0.3, -0.25) is 4.79 Å². The van der Waals surface area contributed by atoms with Gasteiger partial charge < -0.3 is 9.88 Å². The Hall–Kier alpha value is -2.95. The van der Waals surface area contributed by atoms with E-state index in [1.54, 1.807) is 24.7 Å². The molecule has 0 radical (unpaired) electrons. The van der Waals surface area contributed by atoms with Crippen LogP contribution in [-0.4, -0.2) is 15.3 Å². The van der Waals surface area contributed by atoms with E-state index in [-0.39, 0.29) is 11.3 Å². The van der Waals surface area contributed by atoms with E-state index in [1.807, 2.05) is 22.9 Å². The molecule has 0 fully saturated rings. The lowest BCUT2D eigenvalue weighted by Crippen LogP contribution is -2.07. The number of hydrogen-bond donors (Lipinski definition) is 1. The third kappa shape index (κ3) is 3.68. The summed E-state index contributed by atoms with van der Waals surface area (Å²) in [5.41, 5.74) is 2.86. The number of Topliss-reactive ketones (excluding diaryl/α,β-unsaturated/α-hetero) is 1. The van der Waals surface area contributed by atoms with Gasteiger partial charge in [-0.05, 0) is 30.2 Å². The summed E-state index contributed by atoms with van der Waals surface area (Å²) in [4.78, 5) is 15.6. The van der Waals surface area contributed by atoms with Crippen LogP contribution in [0.2, 0.25) is 0 Å². The number of imidazole rings is 1. The molecule has 0 aliphatic carbocycles. The highest BCUT2D eigenvalue weighted by Crippen LogP contribution is 2.20. The minimum Gasteiger partial charge on any atom is -0.380 e. The Labute approximate surface area is 140 Å². The van der Waals surface area contributed by atoms with Crippen LogP contribution in [0.1, 0.15) is 28.4 Å². The average Bonchev–Trinajstić information content (AvgIpc) is 3.07. The summed E-state index contributed by atoms with van der Waals surface area (Å²) in [7, 11) is 0. The van der Waals surface area contributed by atoms with E-state index in [2.05, 4.69) is 22.4 Å². The Morgan fingerprint density at radius 3 is 2.58 bits per heavy atom. The molecule has 24 heavy (non-hydrogen) atoms. The molecule has 0 spiro atoms. The van der Waals surface area contributed by atoms with Gasteiger partial charge in [-0.15, -0.1) is 0 Å². The van der Waals surface area contributed by atoms with Gasteiger partial charge in [0, 0.05) is 31.2 Å². The van der Waals surface area contributed by atoms with Crippen molar-refractivity contribution in [3.8, 4) is 0 Å². The maximum atomic E-state index is 13.8. The molecule has 0 atom stereocenters. The minimum absolute atomic E-state index is 0.106. The topological polar surface area (TPSA) is 46.9 Å². The van der Waals surface area contributed by atoms with Gasteiger partial charge >= 0.3 is 0 Å². The molecule has 2 aromatic carbocycles. The van der Waals surface area contributed by atoms with Gasteiger partial charge in [0.05, 0.1) is 11.9 Å². The summed E-state index contributed by atoms with van der Waals surface area (Å²) in [5.74, 6) is -0.783. The molecule has 3 aromatic rings. The van der Waals surface area contributed by atoms with Crippen molar-refractivity contribution in [3.63, 3.8) is 0 Å². The molecule has 1 aromatic heterocycles. The lowest BCUT2D eigenvalue weighted by atomic mass is 10.1. The summed E-state index contributed by atoms with van der Waals surface area (Å²) >= 11 is 0. The maximum absolute atomic E-state index is 13.8. The first-order chi connectivity index (χ1) is 11.6. The van der Waals surface area contributed by atoms with E-state index in [1.165, 1.54) is 18.6 Å². The second-order valence-corrected chi connectivity index (χ2v) is 5.62. The van der Waals surface area contributed by atoms with Gasteiger partial charge in [-0.2, -0.15) is 0 Å². The number of halogens is 1. The molecule has 0 aliphatic heterocycles. The van der Waals surface area contributed by atoms with E-state index in [0.29, 0.717) is 12.2 Å². The first kappa shape index (κ1) is 15.9. The zero-order valence-corrected chi connectivity index (χ0v) is 13.4. The number of aromatic nitrogens is 2. The molecular weight excluding hydrogens is 305 g/mol. The van der Waals surface area contributed by atoms with Crippen LogP contribution in [0.5, 0.6) is 0 Å². The third-order valence-corrected chi connectivity index (χ3v) is 3.80. The molecular formula is C19H18FN3O. The van der Waals surface area contributed by atoms with Crippen LogP contribution in [0.15, 0.2) is 61.2 Å². The molecule has 0 saturated carbocycles. The molecule has 1 N–H and O–H groups in total. The monoisotopic (exact) mass is 323 g/mol. The van der Waals surface area contributed by atoms with Crippen LogP contribution >= 0.6 is 0 Å². The predicted molar refractivity (Wildman–Crippen MR) is 91.5 cm³/mol. The van der Waals surface area contributed by atoms with Gasteiger partial charge in [0.15, 0.2) is 5.78 Å². The Balaban J connectivity index is 1.67. The summed E-state index contributed by atoms with van der Waals surface area (Å²) in [6.07, 6.45) is 5.45. The smallest absolute Gasteiger partial charge is 0.164 e. The lowest BCUT2D eigenvalue weighted by Gasteiger charge is -2.11. The van der Waals surface area contributed by atoms with E-state index in [9.17, 15) is 9.18 Å². The molecule has 0 aliphatic rings. The second-order valence-electron chi connectivity index (χ2n) is 5.62. The van der Waals surface area contributed by atoms with E-state index in [4.69, 9.17) is 0 Å². The second kappa shape index (κ2) is 7.08. The highest BCUT2D eigenvalue weighted by atomic mass is 19.1. The van der Waals surface area contributed by atoms with Crippen molar-refractivity contribution in [3.05, 3.63) is 83.7 Å². The molecule has 5 heteroatoms. The zero-order chi connectivity index (χ0) is 16.9. The van der Waals surface area contributed by atoms with Crippen LogP contribution in [-0.2, 0) is 13.1 Å². The van der Waals surface area contributed by atoms with Crippen molar-refractivity contribution in [2.75, 3.05) is 5.32 Å². The number of benzene rings is 2. The van der Waals surface area contributed by atoms with Crippen molar-refractivity contribution in [2.45, 2.75) is 20.0 Å². The third-order valence-electron chi connectivity index (χ3n) is 3.80. The van der Waals surface area contributed by atoms with Crippen molar-refractivity contribution < 1.29 is 9.18 Å². The number of carbonyl (C=O) groups excluding carboxylic acids is 1. The van der Waals surface area contributed by atoms with Gasteiger partial charge in [0.2, 0.25) is 0 Å². The van der Waals surface area contributed by atoms with Gasteiger partial charge in [-0.25, -0.2) is 9.37 Å². The summed E-state index contributed by atoms with van der Waals surface area (Å²) in [5, 5.41) is 3.14.